The Morgan fingerprint density at radius 1 is 0.543 bits per heavy atom. The van der Waals surface area contributed by atoms with Gasteiger partial charge in [-0.15, -0.1) is 29.1 Å². The van der Waals surface area contributed by atoms with Crippen molar-refractivity contribution in [2.24, 2.45) is 0 Å². The molecular formula is C64H45N4OPt-3. The molecule has 70 heavy (non-hydrogen) atoms. The van der Waals surface area contributed by atoms with Crippen LogP contribution in [0.15, 0.2) is 223 Å². The second-order valence-electron chi connectivity index (χ2n) is 18.5. The zero-order chi connectivity index (χ0) is 50.6. The van der Waals surface area contributed by atoms with Crippen LogP contribution in [0.2, 0.25) is 0 Å². The van der Waals surface area contributed by atoms with E-state index in [0.717, 1.165) is 87.8 Å². The molecule has 0 saturated carbocycles. The van der Waals surface area contributed by atoms with E-state index in [2.05, 4.69) is 186 Å². The first-order valence-electron chi connectivity index (χ1n) is 25.6. The van der Waals surface area contributed by atoms with Crippen LogP contribution in [-0.4, -0.2) is 18.5 Å². The first-order chi connectivity index (χ1) is 35.9. The molecule has 340 valence electrons. The molecule has 5 nitrogen and oxygen atoms in total. The van der Waals surface area contributed by atoms with E-state index < -0.39 is 6.04 Å². The van der Waals surface area contributed by atoms with Gasteiger partial charge in [0.15, 0.2) is 0 Å². The fourth-order valence-electron chi connectivity index (χ4n) is 9.91. The Bertz CT molecular complexity index is 4580. The number of hydrogen-bond donors (Lipinski definition) is 0. The summed E-state index contributed by atoms with van der Waals surface area (Å²) < 4.78 is 56.2. The predicted molar refractivity (Wildman–Crippen MR) is 287 cm³/mol. The van der Waals surface area contributed by atoms with E-state index in [4.69, 9.17) is 16.3 Å². The predicted octanol–water partition coefficient (Wildman–Crippen LogP) is 16.8. The number of benzene rings is 9. The van der Waals surface area contributed by atoms with Crippen LogP contribution in [0.4, 0.5) is 0 Å². The van der Waals surface area contributed by atoms with Gasteiger partial charge in [0.1, 0.15) is 5.65 Å². The third-order valence-corrected chi connectivity index (χ3v) is 13.3. The Labute approximate surface area is 426 Å². The van der Waals surface area contributed by atoms with Crippen LogP contribution >= 0.6 is 0 Å². The smallest absolute Gasteiger partial charge is 0.136 e. The number of hydrogen-bond acceptors (Lipinski definition) is 2. The van der Waals surface area contributed by atoms with E-state index in [-0.39, 0.29) is 56.2 Å². The molecule has 0 unspecified atom stereocenters. The summed E-state index contributed by atoms with van der Waals surface area (Å²) in [7, 11) is 0. The molecule has 3 aromatic heterocycles. The van der Waals surface area contributed by atoms with Gasteiger partial charge in [0.05, 0.1) is 12.4 Å². The molecule has 13 rings (SSSR count). The average molecular weight is 1090 g/mol. The summed E-state index contributed by atoms with van der Waals surface area (Å²) in [6.07, 6.45) is 2.15. The van der Waals surface area contributed by atoms with Crippen molar-refractivity contribution in [3.63, 3.8) is 0 Å². The largest absolute Gasteiger partial charge is 0.510 e. The van der Waals surface area contributed by atoms with Crippen molar-refractivity contribution < 1.29 is 32.3 Å². The first kappa shape index (κ1) is 37.8. The Morgan fingerprint density at radius 2 is 1.26 bits per heavy atom. The van der Waals surface area contributed by atoms with Gasteiger partial charge >= 0.3 is 0 Å². The van der Waals surface area contributed by atoms with Crippen molar-refractivity contribution in [1.29, 1.82) is 0 Å². The standard InChI is InChI=1S/C64H45N4O.Pt/c1-64(2,3)47-37-57-46-22-14-21-45(35-46)51-25-10-11-26-53(51)55-28-16-27-52(43-19-8-5-9-20-43)63(55)67-41-66(59-29-12-13-30-60(59)67)48-23-15-24-49(39-48)69-50-32-33-54-56-36-44(42-17-6-4-7-18-42)31-34-58(56)68(61(54)40-50)62(38-47)65-57;/h4-38,41H,1-3H3;/q-3;/i4D,6D,7D,17D,18D;. The van der Waals surface area contributed by atoms with Crippen LogP contribution in [0.5, 0.6) is 0 Å². The Balaban J connectivity index is 0.00000569. The van der Waals surface area contributed by atoms with Crippen LogP contribution in [-0.2, 0) is 26.5 Å². The summed E-state index contributed by atoms with van der Waals surface area (Å²) in [6.45, 7) is 6.60. The maximum absolute atomic E-state index is 8.86. The SMILES string of the molecule is [2H]c1c([2H])c([2H])c(-c2ccc3c(c2)c2ccc4[c-]c2n3c2cc(C(C)(C)C)cc(n2)c2cccc(c2)c2ccccc2c2cccc(-c3ccccc3)c2n2[cH-]n(c3[c-]c(ccc3)o4)-c3ccccc3-2)c([2H])c1[2H].[Pt]. The number of aromatic nitrogens is 4. The van der Waals surface area contributed by atoms with E-state index in [1.807, 2.05) is 48.5 Å². The fourth-order valence-corrected chi connectivity index (χ4v) is 9.91. The summed E-state index contributed by atoms with van der Waals surface area (Å²) in [5, 5.41) is 6.80. The molecule has 0 radical (unpaired) electrons. The molecule has 6 heteroatoms. The molecule has 1 aliphatic rings. The number of rotatable bonds is 2. The van der Waals surface area contributed by atoms with E-state index in [0.29, 0.717) is 27.9 Å². The Hall–Kier alpha value is -8.11. The zero-order valence-corrected chi connectivity index (χ0v) is 40.7. The van der Waals surface area contributed by atoms with Crippen LogP contribution in [0.25, 0.3) is 116 Å². The summed E-state index contributed by atoms with van der Waals surface area (Å²) in [6, 6.07) is 68.1. The van der Waals surface area contributed by atoms with E-state index in [1.165, 1.54) is 0 Å². The van der Waals surface area contributed by atoms with Crippen molar-refractivity contribution >= 4 is 82.1 Å². The summed E-state index contributed by atoms with van der Waals surface area (Å²) in [5.74, 6) is 0. The number of imidazole rings is 1. The Kier molecular flexibility index (Phi) is 9.26. The molecule has 0 N–H and O–H groups in total. The molecule has 1 aliphatic heterocycles. The normalized spacial score (nSPS) is 12.8. The van der Waals surface area contributed by atoms with Gasteiger partial charge in [0, 0.05) is 49.5 Å². The number of nitrogens with zero attached hydrogens (tertiary/aromatic N) is 4. The van der Waals surface area contributed by atoms with Crippen LogP contribution in [0.1, 0.15) is 33.2 Å². The monoisotopic (exact) mass is 1090 g/mol. The van der Waals surface area contributed by atoms with Crippen LogP contribution in [0.3, 0.4) is 0 Å². The molecule has 0 fully saturated rings. The van der Waals surface area contributed by atoms with Crippen LogP contribution in [0, 0.1) is 12.1 Å². The molecular weight excluding hydrogens is 1040 g/mol. The molecule has 0 amide bonds. The summed E-state index contributed by atoms with van der Waals surface area (Å²) in [4.78, 5) is 5.52. The van der Waals surface area contributed by atoms with Gasteiger partial charge in [-0.2, -0.15) is 24.3 Å². The summed E-state index contributed by atoms with van der Waals surface area (Å²) >= 11 is 0. The fraction of sp³-hybridized carbons (Fsp3) is 0.0625. The topological polar surface area (TPSA) is 40.3 Å². The van der Waals surface area contributed by atoms with Gasteiger partial charge in [-0.3, -0.25) is 0 Å². The maximum atomic E-state index is 8.86. The minimum Gasteiger partial charge on any atom is -0.510 e. The first-order valence-corrected chi connectivity index (χ1v) is 23.1. The molecule has 0 spiro atoms. The van der Waals surface area contributed by atoms with Gasteiger partial charge in [0.25, 0.3) is 0 Å². The third-order valence-electron chi connectivity index (χ3n) is 13.3. The molecule has 0 atom stereocenters. The quantitative estimate of drug-likeness (QED) is 0.162. The van der Waals surface area contributed by atoms with Crippen molar-refractivity contribution in [2.75, 3.05) is 0 Å². The zero-order valence-electron chi connectivity index (χ0n) is 43.4. The molecule has 9 aromatic carbocycles. The minimum atomic E-state index is -0.432. The average Bonchev–Trinajstić information content (AvgIpc) is 3.98. The second-order valence-corrected chi connectivity index (χ2v) is 18.5. The molecule has 4 heterocycles. The molecule has 0 aliphatic carbocycles. The summed E-state index contributed by atoms with van der Waals surface area (Å²) in [5.41, 5.74) is 11.3. The van der Waals surface area contributed by atoms with E-state index in [9.17, 15) is 0 Å². The van der Waals surface area contributed by atoms with Gasteiger partial charge in [-0.05, 0) is 101 Å². The van der Waals surface area contributed by atoms with Crippen molar-refractivity contribution in [3.05, 3.63) is 236 Å². The number of para-hydroxylation sites is 3. The number of fused-ring (bicyclic) bond motifs is 23. The number of pyridine rings is 1. The molecule has 10 bridgehead atoms. The van der Waals surface area contributed by atoms with Crippen molar-refractivity contribution in [3.8, 4) is 33.6 Å². The van der Waals surface area contributed by atoms with Crippen molar-refractivity contribution in [1.82, 2.24) is 18.5 Å². The second kappa shape index (κ2) is 17.1. The van der Waals surface area contributed by atoms with E-state index in [1.54, 1.807) is 0 Å². The van der Waals surface area contributed by atoms with Gasteiger partial charge in [-0.1, -0.05) is 184 Å². The van der Waals surface area contributed by atoms with E-state index >= 15 is 0 Å². The van der Waals surface area contributed by atoms with Gasteiger partial charge in [-0.25, -0.2) is 4.98 Å². The Morgan fingerprint density at radius 3 is 2.09 bits per heavy atom. The maximum Gasteiger partial charge on any atom is 0.136 e. The van der Waals surface area contributed by atoms with Crippen molar-refractivity contribution in [2.45, 2.75) is 26.2 Å². The van der Waals surface area contributed by atoms with Gasteiger partial charge < -0.3 is 18.0 Å². The molecule has 12 aromatic rings. The minimum absolute atomic E-state index is 0. The van der Waals surface area contributed by atoms with Crippen LogP contribution < -0.4 is 0 Å². The molecule has 0 saturated heterocycles. The third kappa shape index (κ3) is 7.37. The van der Waals surface area contributed by atoms with Gasteiger partial charge in [0.2, 0.25) is 0 Å².